The monoisotopic (exact) mass is 412 g/mol. The highest BCUT2D eigenvalue weighted by molar-refractivity contribution is 6.38. The quantitative estimate of drug-likeness (QED) is 0.665. The number of nitrogens with zero attached hydrogens (tertiary/aromatic N) is 2. The number of benzene rings is 2. The zero-order valence-electron chi connectivity index (χ0n) is 13.5. The summed E-state index contributed by atoms with van der Waals surface area (Å²) >= 11 is 18.1. The Morgan fingerprint density at radius 3 is 2.69 bits per heavy atom. The van der Waals surface area contributed by atoms with Crippen molar-refractivity contribution in [3.63, 3.8) is 0 Å². The molecule has 3 rings (SSSR count). The second-order valence-electron chi connectivity index (χ2n) is 5.75. The van der Waals surface area contributed by atoms with Crippen LogP contribution in [0.5, 0.6) is 0 Å². The Morgan fingerprint density at radius 1 is 1.15 bits per heavy atom. The second-order valence-corrected chi connectivity index (χ2v) is 7.00. The van der Waals surface area contributed by atoms with Crippen LogP contribution in [0.4, 0.5) is 0 Å². The lowest BCUT2D eigenvalue weighted by Gasteiger charge is -2.14. The van der Waals surface area contributed by atoms with E-state index < -0.39 is 6.10 Å². The molecule has 1 N–H and O–H groups in total. The second kappa shape index (κ2) is 8.37. The molecule has 8 heteroatoms. The van der Waals surface area contributed by atoms with E-state index in [1.807, 2.05) is 18.2 Å². The van der Waals surface area contributed by atoms with E-state index in [0.717, 1.165) is 5.56 Å². The van der Waals surface area contributed by atoms with Crippen molar-refractivity contribution in [1.29, 1.82) is 0 Å². The lowest BCUT2D eigenvalue weighted by Crippen LogP contribution is -2.29. The van der Waals surface area contributed by atoms with Gasteiger partial charge in [0.1, 0.15) is 0 Å². The molecule has 0 bridgehead atoms. The maximum Gasteiger partial charge on any atom is 0.261 e. The smallest absolute Gasteiger partial charge is 0.261 e. The molecular formula is C18H15Cl3N2O3. The third kappa shape index (κ3) is 4.37. The number of ether oxygens (including phenoxy) is 1. The van der Waals surface area contributed by atoms with Crippen molar-refractivity contribution in [3.8, 4) is 0 Å². The summed E-state index contributed by atoms with van der Waals surface area (Å²) in [5, 5.41) is 11.7. The molecule has 0 radical (unpaired) electrons. The summed E-state index contributed by atoms with van der Waals surface area (Å²) < 4.78 is 6.79. The summed E-state index contributed by atoms with van der Waals surface area (Å²) in [4.78, 5) is 16.7. The largest absolute Gasteiger partial charge is 0.389 e. The Hall–Kier alpha value is -1.63. The van der Waals surface area contributed by atoms with E-state index in [2.05, 4.69) is 4.98 Å². The summed E-state index contributed by atoms with van der Waals surface area (Å²) in [5.41, 5.74) is 0.876. The molecule has 1 unspecified atom stereocenters. The van der Waals surface area contributed by atoms with E-state index in [1.165, 1.54) is 23.0 Å². The molecule has 0 aliphatic rings. The highest BCUT2D eigenvalue weighted by Gasteiger charge is 2.12. The molecule has 2 aromatic carbocycles. The van der Waals surface area contributed by atoms with Gasteiger partial charge < -0.3 is 9.84 Å². The normalized spacial score (nSPS) is 12.5. The van der Waals surface area contributed by atoms with Crippen LogP contribution < -0.4 is 5.56 Å². The van der Waals surface area contributed by atoms with Crippen LogP contribution in [-0.4, -0.2) is 27.4 Å². The van der Waals surface area contributed by atoms with Crippen molar-refractivity contribution in [1.82, 2.24) is 9.55 Å². The molecule has 3 aromatic rings. The molecule has 1 aromatic heterocycles. The first-order chi connectivity index (χ1) is 12.5. The van der Waals surface area contributed by atoms with Crippen molar-refractivity contribution in [2.75, 3.05) is 6.61 Å². The van der Waals surface area contributed by atoms with Crippen molar-refractivity contribution < 1.29 is 9.84 Å². The minimum atomic E-state index is -0.885. The first kappa shape index (κ1) is 19.1. The van der Waals surface area contributed by atoms with Gasteiger partial charge in [-0.05, 0) is 23.8 Å². The predicted octanol–water partition coefficient (Wildman–Crippen LogP) is 3.93. The Bertz CT molecular complexity index is 991. The summed E-state index contributed by atoms with van der Waals surface area (Å²) in [5.74, 6) is 0. The van der Waals surface area contributed by atoms with E-state index in [-0.39, 0.29) is 25.3 Å². The molecule has 1 atom stereocenters. The molecule has 0 spiro atoms. The summed E-state index contributed by atoms with van der Waals surface area (Å²) in [6.45, 7) is 0.354. The molecule has 5 nitrogen and oxygen atoms in total. The first-order valence-electron chi connectivity index (χ1n) is 7.79. The topological polar surface area (TPSA) is 64.4 Å². The van der Waals surface area contributed by atoms with Crippen LogP contribution in [0.2, 0.25) is 15.1 Å². The van der Waals surface area contributed by atoms with Crippen LogP contribution in [0.3, 0.4) is 0 Å². The number of aromatic nitrogens is 2. The standard InChI is InChI=1S/C18H15Cl3N2O3/c19-12-5-14-17(16(21)6-12)22-10-23(18(14)25)7-13(24)9-26-8-11-3-1-2-4-15(11)20/h1-6,10,13,24H,7-9H2. The van der Waals surface area contributed by atoms with Gasteiger partial charge in [-0.25, -0.2) is 4.98 Å². The molecule has 136 valence electrons. The van der Waals surface area contributed by atoms with E-state index in [1.54, 1.807) is 6.07 Å². The highest BCUT2D eigenvalue weighted by atomic mass is 35.5. The average molecular weight is 414 g/mol. The van der Waals surface area contributed by atoms with Gasteiger partial charge in [0.25, 0.3) is 5.56 Å². The van der Waals surface area contributed by atoms with Gasteiger partial charge in [-0.1, -0.05) is 53.0 Å². The van der Waals surface area contributed by atoms with Crippen molar-refractivity contribution in [3.05, 3.63) is 73.7 Å². The lowest BCUT2D eigenvalue weighted by molar-refractivity contribution is 0.0198. The fourth-order valence-corrected chi connectivity index (χ4v) is 3.26. The van der Waals surface area contributed by atoms with E-state index in [0.29, 0.717) is 26.0 Å². The maximum atomic E-state index is 12.5. The van der Waals surface area contributed by atoms with Crippen LogP contribution in [-0.2, 0) is 17.9 Å². The Labute approximate surface area is 164 Å². The number of hydrogen-bond acceptors (Lipinski definition) is 4. The van der Waals surface area contributed by atoms with Crippen LogP contribution in [0, 0.1) is 0 Å². The van der Waals surface area contributed by atoms with Gasteiger partial charge in [0.2, 0.25) is 0 Å². The fourth-order valence-electron chi connectivity index (χ4n) is 2.52. The van der Waals surface area contributed by atoms with Gasteiger partial charge in [0.15, 0.2) is 0 Å². The summed E-state index contributed by atoms with van der Waals surface area (Å²) in [6, 6.07) is 10.3. The van der Waals surface area contributed by atoms with Gasteiger partial charge in [-0.2, -0.15) is 0 Å². The minimum absolute atomic E-state index is 0.0361. The number of aliphatic hydroxyl groups is 1. The molecule has 0 fully saturated rings. The first-order valence-corrected chi connectivity index (χ1v) is 8.92. The molecule has 0 saturated heterocycles. The number of rotatable bonds is 6. The van der Waals surface area contributed by atoms with Gasteiger partial charge >= 0.3 is 0 Å². The van der Waals surface area contributed by atoms with E-state index in [4.69, 9.17) is 39.5 Å². The SMILES string of the molecule is O=c1c2cc(Cl)cc(Cl)c2ncn1CC(O)COCc1ccccc1Cl. The lowest BCUT2D eigenvalue weighted by atomic mass is 10.2. The fraction of sp³-hybridized carbons (Fsp3) is 0.222. The number of fused-ring (bicyclic) bond motifs is 1. The zero-order chi connectivity index (χ0) is 18.7. The Balaban J connectivity index is 1.68. The average Bonchev–Trinajstić information content (AvgIpc) is 2.59. The van der Waals surface area contributed by atoms with Crippen molar-refractivity contribution in [2.45, 2.75) is 19.3 Å². The van der Waals surface area contributed by atoms with E-state index in [9.17, 15) is 9.90 Å². The summed E-state index contributed by atoms with van der Waals surface area (Å²) in [7, 11) is 0. The minimum Gasteiger partial charge on any atom is -0.389 e. The van der Waals surface area contributed by atoms with Gasteiger partial charge in [-0.15, -0.1) is 0 Å². The molecule has 0 aliphatic heterocycles. The van der Waals surface area contributed by atoms with Gasteiger partial charge in [0.05, 0.1) is 48.1 Å². The summed E-state index contributed by atoms with van der Waals surface area (Å²) in [6.07, 6.45) is 0.464. The molecule has 26 heavy (non-hydrogen) atoms. The van der Waals surface area contributed by atoms with E-state index >= 15 is 0 Å². The third-order valence-corrected chi connectivity index (χ3v) is 4.65. The third-order valence-electron chi connectivity index (χ3n) is 3.78. The molecule has 0 amide bonds. The molecule has 0 saturated carbocycles. The van der Waals surface area contributed by atoms with Crippen LogP contribution in [0.15, 0.2) is 47.5 Å². The molecule has 0 aliphatic carbocycles. The highest BCUT2D eigenvalue weighted by Crippen LogP contribution is 2.24. The van der Waals surface area contributed by atoms with Gasteiger partial charge in [-0.3, -0.25) is 9.36 Å². The van der Waals surface area contributed by atoms with Crippen LogP contribution >= 0.6 is 34.8 Å². The van der Waals surface area contributed by atoms with Crippen LogP contribution in [0.1, 0.15) is 5.56 Å². The Morgan fingerprint density at radius 2 is 1.92 bits per heavy atom. The van der Waals surface area contributed by atoms with Crippen molar-refractivity contribution in [2.24, 2.45) is 0 Å². The molecule has 1 heterocycles. The maximum absolute atomic E-state index is 12.5. The van der Waals surface area contributed by atoms with Crippen molar-refractivity contribution >= 4 is 45.7 Å². The Kier molecular flexibility index (Phi) is 6.16. The van der Waals surface area contributed by atoms with Crippen LogP contribution in [0.25, 0.3) is 10.9 Å². The number of aliphatic hydroxyl groups excluding tert-OH is 1. The number of halogens is 3. The zero-order valence-corrected chi connectivity index (χ0v) is 15.8. The predicted molar refractivity (Wildman–Crippen MR) is 103 cm³/mol. The molecular weight excluding hydrogens is 399 g/mol. The number of hydrogen-bond donors (Lipinski definition) is 1. The van der Waals surface area contributed by atoms with Gasteiger partial charge in [0, 0.05) is 10.0 Å².